The van der Waals surface area contributed by atoms with E-state index in [1.165, 1.54) is 37.1 Å². The maximum atomic E-state index is 6.05. The Morgan fingerprint density at radius 3 is 2.55 bits per heavy atom. The summed E-state index contributed by atoms with van der Waals surface area (Å²) in [5, 5.41) is 3.51. The molecule has 0 radical (unpaired) electrons. The number of para-hydroxylation sites is 1. The van der Waals surface area contributed by atoms with E-state index in [0.29, 0.717) is 6.61 Å². The summed E-state index contributed by atoms with van der Waals surface area (Å²) in [6, 6.07) is 14.5. The second-order valence-electron chi connectivity index (χ2n) is 8.46. The highest BCUT2D eigenvalue weighted by Crippen LogP contribution is 2.30. The summed E-state index contributed by atoms with van der Waals surface area (Å²) in [5.74, 6) is 1.68. The van der Waals surface area contributed by atoms with Gasteiger partial charge in [-0.1, -0.05) is 30.3 Å². The lowest BCUT2D eigenvalue weighted by Crippen LogP contribution is -2.25. The highest BCUT2D eigenvalue weighted by molar-refractivity contribution is 5.85. The summed E-state index contributed by atoms with van der Waals surface area (Å²) in [4.78, 5) is 11.6. The van der Waals surface area contributed by atoms with Crippen molar-refractivity contribution < 1.29 is 4.74 Å². The molecule has 0 amide bonds. The lowest BCUT2D eigenvalue weighted by Gasteiger charge is -2.16. The third-order valence-corrected chi connectivity index (χ3v) is 6.19. The van der Waals surface area contributed by atoms with Gasteiger partial charge in [0, 0.05) is 17.8 Å². The van der Waals surface area contributed by atoms with Crippen LogP contribution in [0.4, 0.5) is 11.5 Å². The van der Waals surface area contributed by atoms with Gasteiger partial charge in [-0.05, 0) is 63.0 Å². The summed E-state index contributed by atoms with van der Waals surface area (Å²) < 4.78 is 8.13. The lowest BCUT2D eigenvalue weighted by molar-refractivity contribution is 0.238. The first kappa shape index (κ1) is 23.1. The molecule has 5 rings (SSSR count). The number of imidazole rings is 1. The van der Waals surface area contributed by atoms with Gasteiger partial charge in [-0.3, -0.25) is 9.30 Å². The van der Waals surface area contributed by atoms with E-state index in [-0.39, 0.29) is 12.4 Å². The molecule has 0 atom stereocenters. The standard InChI is InChI=1S/C26H29N5O.ClH/c1-19-7-5-8-20(2)25(19)29-26-24-16-27-18-31(24)23(17-28-26)21-9-6-10-22(15-21)32-14-13-30-11-3-4-12-30;/h5-10,15-18H,3-4,11-14H2,1-2H3,(H,28,29);1H. The van der Waals surface area contributed by atoms with Crippen LogP contribution in [0.2, 0.25) is 0 Å². The Morgan fingerprint density at radius 2 is 1.76 bits per heavy atom. The van der Waals surface area contributed by atoms with E-state index < -0.39 is 0 Å². The van der Waals surface area contributed by atoms with E-state index >= 15 is 0 Å². The molecule has 0 unspecified atom stereocenters. The fourth-order valence-corrected chi connectivity index (χ4v) is 4.40. The van der Waals surface area contributed by atoms with Gasteiger partial charge in [0.1, 0.15) is 17.9 Å². The maximum Gasteiger partial charge on any atom is 0.156 e. The van der Waals surface area contributed by atoms with Gasteiger partial charge >= 0.3 is 0 Å². The molecule has 1 saturated heterocycles. The van der Waals surface area contributed by atoms with Crippen LogP contribution in [0.3, 0.4) is 0 Å². The van der Waals surface area contributed by atoms with Crippen molar-refractivity contribution in [2.45, 2.75) is 26.7 Å². The number of hydrogen-bond acceptors (Lipinski definition) is 5. The van der Waals surface area contributed by atoms with Crippen molar-refractivity contribution in [3.05, 3.63) is 72.3 Å². The largest absolute Gasteiger partial charge is 0.492 e. The number of aromatic nitrogens is 3. The molecule has 0 saturated carbocycles. The monoisotopic (exact) mass is 463 g/mol. The molecule has 2 aromatic carbocycles. The zero-order valence-electron chi connectivity index (χ0n) is 19.1. The molecule has 2 aromatic heterocycles. The number of ether oxygens (including phenoxy) is 1. The predicted molar refractivity (Wildman–Crippen MR) is 136 cm³/mol. The van der Waals surface area contributed by atoms with Crippen LogP contribution in [0.25, 0.3) is 16.8 Å². The Balaban J connectivity index is 0.00000259. The molecule has 33 heavy (non-hydrogen) atoms. The number of nitrogens with zero attached hydrogens (tertiary/aromatic N) is 4. The first-order valence-electron chi connectivity index (χ1n) is 11.3. The van der Waals surface area contributed by atoms with E-state index in [4.69, 9.17) is 9.72 Å². The van der Waals surface area contributed by atoms with Gasteiger partial charge < -0.3 is 10.1 Å². The van der Waals surface area contributed by atoms with Gasteiger partial charge in [-0.25, -0.2) is 9.97 Å². The van der Waals surface area contributed by atoms with Crippen LogP contribution in [0, 0.1) is 13.8 Å². The van der Waals surface area contributed by atoms with Gasteiger partial charge in [-0.2, -0.15) is 0 Å². The normalized spacial score (nSPS) is 13.8. The van der Waals surface area contributed by atoms with Gasteiger partial charge in [0.15, 0.2) is 5.82 Å². The second-order valence-corrected chi connectivity index (χ2v) is 8.46. The van der Waals surface area contributed by atoms with E-state index in [0.717, 1.165) is 40.6 Å². The van der Waals surface area contributed by atoms with Gasteiger partial charge in [0.2, 0.25) is 0 Å². The summed E-state index contributed by atoms with van der Waals surface area (Å²) in [6.07, 6.45) is 8.19. The number of rotatable bonds is 7. The Labute approximate surface area is 201 Å². The highest BCUT2D eigenvalue weighted by atomic mass is 35.5. The molecule has 1 aliphatic rings. The maximum absolute atomic E-state index is 6.05. The quantitative estimate of drug-likeness (QED) is 0.383. The van der Waals surface area contributed by atoms with Crippen LogP contribution in [0.1, 0.15) is 24.0 Å². The van der Waals surface area contributed by atoms with E-state index in [1.807, 2.05) is 30.9 Å². The van der Waals surface area contributed by atoms with Crippen molar-refractivity contribution in [3.63, 3.8) is 0 Å². The van der Waals surface area contributed by atoms with Gasteiger partial charge in [0.25, 0.3) is 0 Å². The van der Waals surface area contributed by atoms with Crippen LogP contribution in [-0.2, 0) is 0 Å². The van der Waals surface area contributed by atoms with Crippen LogP contribution >= 0.6 is 12.4 Å². The van der Waals surface area contributed by atoms with Crippen molar-refractivity contribution in [1.29, 1.82) is 0 Å². The van der Waals surface area contributed by atoms with Crippen LogP contribution in [-0.4, -0.2) is 45.5 Å². The number of fused-ring (bicyclic) bond motifs is 1. The Kier molecular flexibility index (Phi) is 7.16. The average Bonchev–Trinajstić information content (AvgIpc) is 3.49. The van der Waals surface area contributed by atoms with Gasteiger partial charge in [-0.15, -0.1) is 12.4 Å². The first-order valence-corrected chi connectivity index (χ1v) is 11.3. The van der Waals surface area contributed by atoms with Gasteiger partial charge in [0.05, 0.1) is 24.4 Å². The second kappa shape index (κ2) is 10.2. The molecule has 1 N–H and O–H groups in total. The summed E-state index contributed by atoms with van der Waals surface area (Å²) in [5.41, 5.74) is 6.43. The molecular formula is C26H30ClN5O. The topological polar surface area (TPSA) is 54.7 Å². The van der Waals surface area contributed by atoms with Crippen LogP contribution < -0.4 is 10.1 Å². The number of hydrogen-bond donors (Lipinski definition) is 1. The molecule has 7 heteroatoms. The molecule has 3 heterocycles. The number of likely N-dealkylation sites (tertiary alicyclic amines) is 1. The number of benzene rings is 2. The minimum absolute atomic E-state index is 0. The zero-order chi connectivity index (χ0) is 21.9. The van der Waals surface area contributed by atoms with Crippen molar-refractivity contribution in [1.82, 2.24) is 19.3 Å². The van der Waals surface area contributed by atoms with Crippen molar-refractivity contribution in [3.8, 4) is 17.0 Å². The molecule has 6 nitrogen and oxygen atoms in total. The van der Waals surface area contributed by atoms with Crippen molar-refractivity contribution in [2.75, 3.05) is 31.6 Å². The molecule has 4 aromatic rings. The Morgan fingerprint density at radius 1 is 1.00 bits per heavy atom. The molecule has 0 bridgehead atoms. The minimum Gasteiger partial charge on any atom is -0.492 e. The molecular weight excluding hydrogens is 434 g/mol. The fourth-order valence-electron chi connectivity index (χ4n) is 4.40. The van der Waals surface area contributed by atoms with Crippen LogP contribution in [0.5, 0.6) is 5.75 Å². The third-order valence-electron chi connectivity index (χ3n) is 6.19. The number of aryl methyl sites for hydroxylation is 2. The summed E-state index contributed by atoms with van der Waals surface area (Å²) in [6.45, 7) is 8.28. The fraction of sp³-hybridized carbons (Fsp3) is 0.308. The third kappa shape index (κ3) is 4.97. The summed E-state index contributed by atoms with van der Waals surface area (Å²) in [7, 11) is 0. The molecule has 0 spiro atoms. The lowest BCUT2D eigenvalue weighted by atomic mass is 10.1. The van der Waals surface area contributed by atoms with E-state index in [2.05, 4.69) is 63.8 Å². The molecule has 172 valence electrons. The molecule has 1 fully saturated rings. The van der Waals surface area contributed by atoms with Crippen molar-refractivity contribution >= 4 is 29.4 Å². The van der Waals surface area contributed by atoms with Crippen molar-refractivity contribution in [2.24, 2.45) is 0 Å². The number of halogens is 1. The van der Waals surface area contributed by atoms with E-state index in [9.17, 15) is 0 Å². The Bertz CT molecular complexity index is 1210. The Hall–Kier alpha value is -3.09. The average molecular weight is 464 g/mol. The first-order chi connectivity index (χ1) is 15.7. The zero-order valence-corrected chi connectivity index (χ0v) is 19.9. The molecule has 1 aliphatic heterocycles. The van der Waals surface area contributed by atoms with Crippen LogP contribution in [0.15, 0.2) is 61.2 Å². The smallest absolute Gasteiger partial charge is 0.156 e. The predicted octanol–water partition coefficient (Wildman–Crippen LogP) is 5.65. The SMILES string of the molecule is Cc1cccc(C)c1Nc1ncc(-c2cccc(OCCN3CCCC3)c2)n2cncc12.Cl. The highest BCUT2D eigenvalue weighted by Gasteiger charge is 2.13. The number of anilines is 2. The molecule has 0 aliphatic carbocycles. The summed E-state index contributed by atoms with van der Waals surface area (Å²) >= 11 is 0. The number of nitrogens with one attached hydrogen (secondary N) is 1. The van der Waals surface area contributed by atoms with E-state index in [1.54, 1.807) is 0 Å². The minimum atomic E-state index is 0.